The molecule has 2 heterocycles. The van der Waals surface area contributed by atoms with Crippen LogP contribution in [0.25, 0.3) is 5.70 Å². The summed E-state index contributed by atoms with van der Waals surface area (Å²) in [5, 5.41) is 2.37. The van der Waals surface area contributed by atoms with Crippen molar-refractivity contribution >= 4 is 5.70 Å². The molecule has 1 N–H and O–H groups in total. The Kier molecular flexibility index (Phi) is 3.17. The number of ether oxygens (including phenoxy) is 1. The monoisotopic (exact) mass is 318 g/mol. The number of rotatable bonds is 1. The molecule has 1 aliphatic carbocycles. The molecule has 2 aromatic rings. The van der Waals surface area contributed by atoms with Crippen LogP contribution in [0.4, 0.5) is 0 Å². The highest BCUT2D eigenvalue weighted by Crippen LogP contribution is 2.49. The molecule has 1 spiro atoms. The van der Waals surface area contributed by atoms with Crippen LogP contribution < -0.4 is 10.2 Å². The van der Waals surface area contributed by atoms with Crippen molar-refractivity contribution < 1.29 is 4.74 Å². The fraction of sp³-hybridized carbons (Fsp3) is 0.333. The molecule has 1 unspecified atom stereocenters. The lowest BCUT2D eigenvalue weighted by molar-refractivity contribution is -0.150. The van der Waals surface area contributed by atoms with Crippen LogP contribution in [0.2, 0.25) is 0 Å². The third-order valence-corrected chi connectivity index (χ3v) is 5.54. The van der Waals surface area contributed by atoms with Gasteiger partial charge in [0, 0.05) is 18.4 Å². The van der Waals surface area contributed by atoms with Crippen LogP contribution in [0.1, 0.15) is 49.3 Å². The number of nitrogens with zero attached hydrogens (tertiary/aromatic N) is 1. The van der Waals surface area contributed by atoms with Gasteiger partial charge in [-0.1, -0.05) is 55.0 Å². The maximum absolute atomic E-state index is 6.59. The van der Waals surface area contributed by atoms with Gasteiger partial charge in [-0.15, -0.1) is 0 Å². The molecule has 3 aliphatic rings. The Morgan fingerprint density at radius 2 is 1.67 bits per heavy atom. The molecule has 2 aliphatic heterocycles. The van der Waals surface area contributed by atoms with Crippen molar-refractivity contribution in [2.45, 2.75) is 43.9 Å². The molecule has 0 bridgehead atoms. The maximum atomic E-state index is 6.59. The van der Waals surface area contributed by atoms with Gasteiger partial charge < -0.3 is 10.2 Å². The predicted molar refractivity (Wildman–Crippen MR) is 95.0 cm³/mol. The highest BCUT2D eigenvalue weighted by atomic mass is 16.5. The van der Waals surface area contributed by atoms with Gasteiger partial charge in [0.05, 0.1) is 11.7 Å². The molecule has 24 heavy (non-hydrogen) atoms. The Balaban J connectivity index is 1.60. The fourth-order valence-corrected chi connectivity index (χ4v) is 4.35. The SMILES string of the molecule is C1=C(c2ccccc2)NN2C1c1ccccc1OC21CCCCC1. The van der Waals surface area contributed by atoms with Crippen LogP contribution in [-0.4, -0.2) is 10.7 Å². The van der Waals surface area contributed by atoms with Gasteiger partial charge in [0.1, 0.15) is 5.75 Å². The van der Waals surface area contributed by atoms with E-state index in [2.05, 4.69) is 71.1 Å². The highest BCUT2D eigenvalue weighted by molar-refractivity contribution is 5.67. The van der Waals surface area contributed by atoms with Crippen LogP contribution in [0.3, 0.4) is 0 Å². The van der Waals surface area contributed by atoms with Crippen molar-refractivity contribution in [2.24, 2.45) is 0 Å². The van der Waals surface area contributed by atoms with E-state index in [1.54, 1.807) is 0 Å². The summed E-state index contributed by atoms with van der Waals surface area (Å²) in [6.07, 6.45) is 8.29. The van der Waals surface area contributed by atoms with Gasteiger partial charge in [0.2, 0.25) is 0 Å². The number of fused-ring (bicyclic) bond motifs is 4. The van der Waals surface area contributed by atoms with E-state index in [9.17, 15) is 0 Å². The van der Waals surface area contributed by atoms with Crippen molar-refractivity contribution in [3.63, 3.8) is 0 Å². The average Bonchev–Trinajstić information content (AvgIpc) is 3.10. The van der Waals surface area contributed by atoms with E-state index in [1.165, 1.54) is 36.1 Å². The first kappa shape index (κ1) is 14.1. The molecule has 1 fully saturated rings. The van der Waals surface area contributed by atoms with Gasteiger partial charge in [0.25, 0.3) is 0 Å². The smallest absolute Gasteiger partial charge is 0.180 e. The Morgan fingerprint density at radius 3 is 2.50 bits per heavy atom. The Labute approximate surface area is 142 Å². The lowest BCUT2D eigenvalue weighted by Crippen LogP contribution is -2.60. The lowest BCUT2D eigenvalue weighted by atomic mass is 9.87. The molecule has 0 saturated heterocycles. The topological polar surface area (TPSA) is 24.5 Å². The first-order valence-corrected chi connectivity index (χ1v) is 8.97. The minimum atomic E-state index is -0.218. The summed E-state index contributed by atoms with van der Waals surface area (Å²) >= 11 is 0. The van der Waals surface area contributed by atoms with E-state index >= 15 is 0 Å². The number of hydrazine groups is 1. The first-order chi connectivity index (χ1) is 11.9. The Morgan fingerprint density at radius 1 is 0.917 bits per heavy atom. The summed E-state index contributed by atoms with van der Waals surface area (Å²) in [4.78, 5) is 0. The molecule has 3 nitrogen and oxygen atoms in total. The third-order valence-electron chi connectivity index (χ3n) is 5.54. The maximum Gasteiger partial charge on any atom is 0.180 e. The number of hydrogen-bond donors (Lipinski definition) is 1. The summed E-state index contributed by atoms with van der Waals surface area (Å²) in [6, 6.07) is 19.3. The standard InChI is InChI=1S/C21H22N2O/c1-3-9-16(10-4-1)18-15-19-17-11-5-6-12-20(17)24-21(23(19)22-18)13-7-2-8-14-21/h1,3-6,9-12,15,19,22H,2,7-8,13-14H2. The fourth-order valence-electron chi connectivity index (χ4n) is 4.35. The Hall–Kier alpha value is -2.26. The summed E-state index contributed by atoms with van der Waals surface area (Å²) in [5.74, 6) is 1.05. The molecule has 122 valence electrons. The number of para-hydroxylation sites is 1. The van der Waals surface area contributed by atoms with E-state index in [1.807, 2.05) is 0 Å². The quantitative estimate of drug-likeness (QED) is 0.829. The van der Waals surface area contributed by atoms with Crippen LogP contribution >= 0.6 is 0 Å². The molecule has 2 aromatic carbocycles. The molecule has 1 saturated carbocycles. The summed E-state index contributed by atoms with van der Waals surface area (Å²) < 4.78 is 6.59. The summed E-state index contributed by atoms with van der Waals surface area (Å²) in [7, 11) is 0. The lowest BCUT2D eigenvalue weighted by Gasteiger charge is -2.50. The summed E-state index contributed by atoms with van der Waals surface area (Å²) in [5.41, 5.74) is 7.14. The Bertz CT molecular complexity index is 777. The van der Waals surface area contributed by atoms with Gasteiger partial charge in [-0.05, 0) is 30.5 Å². The highest BCUT2D eigenvalue weighted by Gasteiger charge is 2.50. The largest absolute Gasteiger partial charge is 0.471 e. The van der Waals surface area contributed by atoms with Gasteiger partial charge in [-0.25, -0.2) is 0 Å². The molecule has 3 heteroatoms. The van der Waals surface area contributed by atoms with Crippen molar-refractivity contribution in [1.82, 2.24) is 10.4 Å². The zero-order chi connectivity index (χ0) is 16.0. The number of hydrogen-bond acceptors (Lipinski definition) is 3. The minimum absolute atomic E-state index is 0.218. The van der Waals surface area contributed by atoms with Crippen LogP contribution in [0.5, 0.6) is 5.75 Å². The second-order valence-electron chi connectivity index (χ2n) is 7.02. The van der Waals surface area contributed by atoms with Gasteiger partial charge in [-0.2, -0.15) is 5.01 Å². The number of benzene rings is 2. The van der Waals surface area contributed by atoms with Crippen molar-refractivity contribution in [1.29, 1.82) is 0 Å². The zero-order valence-electron chi connectivity index (χ0n) is 13.7. The van der Waals surface area contributed by atoms with Crippen molar-refractivity contribution in [2.75, 3.05) is 0 Å². The van der Waals surface area contributed by atoms with Crippen molar-refractivity contribution in [3.05, 3.63) is 71.8 Å². The zero-order valence-corrected chi connectivity index (χ0v) is 13.7. The first-order valence-electron chi connectivity index (χ1n) is 8.97. The average molecular weight is 318 g/mol. The summed E-state index contributed by atoms with van der Waals surface area (Å²) in [6.45, 7) is 0. The van der Waals surface area contributed by atoms with Crippen LogP contribution in [-0.2, 0) is 0 Å². The van der Waals surface area contributed by atoms with E-state index < -0.39 is 0 Å². The van der Waals surface area contributed by atoms with Crippen LogP contribution in [0, 0.1) is 0 Å². The van der Waals surface area contributed by atoms with E-state index in [4.69, 9.17) is 4.74 Å². The predicted octanol–water partition coefficient (Wildman–Crippen LogP) is 4.64. The molecule has 1 atom stereocenters. The number of nitrogens with one attached hydrogen (secondary N) is 1. The second-order valence-corrected chi connectivity index (χ2v) is 7.02. The molecular weight excluding hydrogens is 296 g/mol. The molecule has 0 amide bonds. The molecule has 5 rings (SSSR count). The second kappa shape index (κ2) is 5.38. The van der Waals surface area contributed by atoms with Gasteiger partial charge in [-0.3, -0.25) is 0 Å². The van der Waals surface area contributed by atoms with Crippen LogP contribution in [0.15, 0.2) is 60.7 Å². The molecule has 0 radical (unpaired) electrons. The van der Waals surface area contributed by atoms with E-state index in [-0.39, 0.29) is 11.8 Å². The molecule has 0 aromatic heterocycles. The van der Waals surface area contributed by atoms with E-state index in [0.29, 0.717) is 0 Å². The van der Waals surface area contributed by atoms with Crippen molar-refractivity contribution in [3.8, 4) is 5.75 Å². The van der Waals surface area contributed by atoms with Gasteiger partial charge in [0.15, 0.2) is 5.72 Å². The third kappa shape index (κ3) is 2.08. The van der Waals surface area contributed by atoms with Gasteiger partial charge >= 0.3 is 0 Å². The minimum Gasteiger partial charge on any atom is -0.471 e. The van der Waals surface area contributed by atoms with E-state index in [0.717, 1.165) is 18.6 Å². The normalized spacial score (nSPS) is 24.5. The molecular formula is C21H22N2O.